The molecule has 0 rings (SSSR count). The summed E-state index contributed by atoms with van der Waals surface area (Å²) in [7, 11) is 1.73. The van der Waals surface area contributed by atoms with E-state index in [1.807, 2.05) is 6.79 Å². The van der Waals surface area contributed by atoms with E-state index in [2.05, 4.69) is 6.92 Å². The minimum atomic E-state index is 0.913. The molecule has 0 N–H and O–H groups in total. The van der Waals surface area contributed by atoms with Crippen molar-refractivity contribution >= 4 is 6.79 Å². The molecule has 2 nitrogen and oxygen atoms in total. The van der Waals surface area contributed by atoms with Crippen molar-refractivity contribution in [2.75, 3.05) is 13.7 Å². The number of hydrogen-bond donors (Lipinski definition) is 0. The van der Waals surface area contributed by atoms with Gasteiger partial charge in [0.05, 0.1) is 0 Å². The van der Waals surface area contributed by atoms with Gasteiger partial charge in [-0.05, 0) is 6.42 Å². The lowest BCUT2D eigenvalue weighted by molar-refractivity contribution is -0.0979. The average Bonchev–Trinajstić information content (AvgIpc) is 1.88. The maximum atomic E-state index is 8.00. The number of carbonyl (C=O) groups excluding carboxylic acids is 1. The van der Waals surface area contributed by atoms with Crippen molar-refractivity contribution in [2.45, 2.75) is 19.8 Å². The van der Waals surface area contributed by atoms with Crippen molar-refractivity contribution in [3.63, 3.8) is 0 Å². The van der Waals surface area contributed by atoms with Crippen LogP contribution >= 0.6 is 0 Å². The summed E-state index contributed by atoms with van der Waals surface area (Å²) in [5, 5.41) is 0. The van der Waals surface area contributed by atoms with Crippen LogP contribution in [0.1, 0.15) is 19.8 Å². The van der Waals surface area contributed by atoms with Crippen LogP contribution in [0.5, 0.6) is 0 Å². The Hall–Kier alpha value is -0.370. The topological polar surface area (TPSA) is 26.3 Å². The smallest absolute Gasteiger partial charge is 0.106 e. The SMILES string of the molecule is C=O.CCCCOC. The van der Waals surface area contributed by atoms with Gasteiger partial charge in [-0.25, -0.2) is 0 Å². The fourth-order valence-corrected chi connectivity index (χ4v) is 0.289. The predicted molar refractivity (Wildman–Crippen MR) is 33.9 cm³/mol. The highest BCUT2D eigenvalue weighted by molar-refractivity contribution is 5.10. The van der Waals surface area contributed by atoms with Gasteiger partial charge >= 0.3 is 0 Å². The highest BCUT2D eigenvalue weighted by Crippen LogP contribution is 1.83. The third-order valence-electron chi connectivity index (χ3n) is 0.702. The molecule has 0 aromatic rings. The standard InChI is InChI=1S/C5H12O.CH2O/c1-3-4-5-6-2;1-2/h3-5H2,1-2H3;1H2. The van der Waals surface area contributed by atoms with Gasteiger partial charge in [0.2, 0.25) is 0 Å². The van der Waals surface area contributed by atoms with Gasteiger partial charge in [0.15, 0.2) is 0 Å². The van der Waals surface area contributed by atoms with E-state index in [0.717, 1.165) is 6.61 Å². The molecule has 2 heteroatoms. The molecule has 0 aliphatic heterocycles. The largest absolute Gasteiger partial charge is 0.385 e. The van der Waals surface area contributed by atoms with E-state index >= 15 is 0 Å². The predicted octanol–water partition coefficient (Wildman–Crippen LogP) is 1.25. The molecule has 0 spiro atoms. The zero-order valence-corrected chi connectivity index (χ0v) is 5.64. The van der Waals surface area contributed by atoms with Crippen molar-refractivity contribution in [3.05, 3.63) is 0 Å². The number of rotatable bonds is 3. The molecule has 8 heavy (non-hydrogen) atoms. The van der Waals surface area contributed by atoms with Gasteiger partial charge in [-0.3, -0.25) is 0 Å². The van der Waals surface area contributed by atoms with Crippen LogP contribution in [0.4, 0.5) is 0 Å². The van der Waals surface area contributed by atoms with Crippen molar-refractivity contribution in [3.8, 4) is 0 Å². The molecule has 0 atom stereocenters. The van der Waals surface area contributed by atoms with E-state index in [1.54, 1.807) is 7.11 Å². The molecule has 0 saturated carbocycles. The quantitative estimate of drug-likeness (QED) is 0.521. The van der Waals surface area contributed by atoms with Gasteiger partial charge < -0.3 is 9.53 Å². The molecule has 0 unspecified atom stereocenters. The second-order valence-electron chi connectivity index (χ2n) is 1.35. The molecule has 0 aromatic carbocycles. The Morgan fingerprint density at radius 2 is 2.00 bits per heavy atom. The number of unbranched alkanes of at least 4 members (excludes halogenated alkanes) is 1. The molecule has 0 saturated heterocycles. The third kappa shape index (κ3) is 17.4. The van der Waals surface area contributed by atoms with Crippen molar-refractivity contribution < 1.29 is 9.53 Å². The van der Waals surface area contributed by atoms with Crippen LogP contribution in [-0.2, 0) is 9.53 Å². The fraction of sp³-hybridized carbons (Fsp3) is 0.833. The summed E-state index contributed by atoms with van der Waals surface area (Å²) in [5.74, 6) is 0. The summed E-state index contributed by atoms with van der Waals surface area (Å²) < 4.78 is 4.78. The second kappa shape index (κ2) is 15.9. The highest BCUT2D eigenvalue weighted by Gasteiger charge is 1.74. The fourth-order valence-electron chi connectivity index (χ4n) is 0.289. The van der Waals surface area contributed by atoms with Crippen LogP contribution in [-0.4, -0.2) is 20.5 Å². The molecule has 0 amide bonds. The molecule has 0 radical (unpaired) electrons. The first-order chi connectivity index (χ1) is 3.91. The van der Waals surface area contributed by atoms with Gasteiger partial charge in [0, 0.05) is 13.7 Å². The van der Waals surface area contributed by atoms with Crippen molar-refractivity contribution in [1.82, 2.24) is 0 Å². The zero-order valence-electron chi connectivity index (χ0n) is 5.64. The Kier molecular flexibility index (Phi) is 21.1. The Labute approximate surface area is 50.8 Å². The van der Waals surface area contributed by atoms with Gasteiger partial charge in [0.25, 0.3) is 0 Å². The van der Waals surface area contributed by atoms with Gasteiger partial charge in [-0.15, -0.1) is 0 Å². The molecule has 0 heterocycles. The first kappa shape index (κ1) is 10.6. The molecule has 0 aliphatic carbocycles. The average molecular weight is 118 g/mol. The minimum Gasteiger partial charge on any atom is -0.385 e. The summed E-state index contributed by atoms with van der Waals surface area (Å²) in [5.41, 5.74) is 0. The van der Waals surface area contributed by atoms with E-state index in [1.165, 1.54) is 12.8 Å². The van der Waals surface area contributed by atoms with Crippen LogP contribution in [0.25, 0.3) is 0 Å². The first-order valence-corrected chi connectivity index (χ1v) is 2.69. The first-order valence-electron chi connectivity index (χ1n) is 2.69. The summed E-state index contributed by atoms with van der Waals surface area (Å²) in [4.78, 5) is 8.00. The molecule has 0 bridgehead atoms. The van der Waals surface area contributed by atoms with Crippen LogP contribution in [0.2, 0.25) is 0 Å². The Morgan fingerprint density at radius 3 is 2.12 bits per heavy atom. The minimum absolute atomic E-state index is 0.913. The monoisotopic (exact) mass is 118 g/mol. The molecule has 50 valence electrons. The molecular formula is C6H14O2. The van der Waals surface area contributed by atoms with Gasteiger partial charge in [-0.1, -0.05) is 13.3 Å². The Balaban J connectivity index is 0. The zero-order chi connectivity index (χ0) is 6.83. The molecular weight excluding hydrogens is 104 g/mol. The highest BCUT2D eigenvalue weighted by atomic mass is 16.5. The third-order valence-corrected chi connectivity index (χ3v) is 0.702. The lowest BCUT2D eigenvalue weighted by Gasteiger charge is -1.89. The molecule has 0 aromatic heterocycles. The lowest BCUT2D eigenvalue weighted by atomic mass is 10.4. The summed E-state index contributed by atoms with van der Waals surface area (Å²) in [6.45, 7) is 5.07. The Morgan fingerprint density at radius 1 is 1.50 bits per heavy atom. The van der Waals surface area contributed by atoms with E-state index in [-0.39, 0.29) is 0 Å². The van der Waals surface area contributed by atoms with Gasteiger partial charge in [0.1, 0.15) is 6.79 Å². The number of methoxy groups -OCH3 is 1. The lowest BCUT2D eigenvalue weighted by Crippen LogP contribution is -1.84. The van der Waals surface area contributed by atoms with Crippen LogP contribution in [0.15, 0.2) is 0 Å². The van der Waals surface area contributed by atoms with E-state index < -0.39 is 0 Å². The molecule has 0 aliphatic rings. The van der Waals surface area contributed by atoms with Crippen molar-refractivity contribution in [1.29, 1.82) is 0 Å². The van der Waals surface area contributed by atoms with Crippen LogP contribution in [0, 0.1) is 0 Å². The van der Waals surface area contributed by atoms with Crippen LogP contribution < -0.4 is 0 Å². The summed E-state index contributed by atoms with van der Waals surface area (Å²) in [6.07, 6.45) is 2.42. The summed E-state index contributed by atoms with van der Waals surface area (Å²) in [6, 6.07) is 0. The van der Waals surface area contributed by atoms with E-state index in [4.69, 9.17) is 9.53 Å². The maximum absolute atomic E-state index is 8.00. The normalized spacial score (nSPS) is 7.25. The van der Waals surface area contributed by atoms with Gasteiger partial charge in [-0.2, -0.15) is 0 Å². The summed E-state index contributed by atoms with van der Waals surface area (Å²) >= 11 is 0. The van der Waals surface area contributed by atoms with Crippen molar-refractivity contribution in [2.24, 2.45) is 0 Å². The van der Waals surface area contributed by atoms with Crippen LogP contribution in [0.3, 0.4) is 0 Å². The number of ether oxygens (including phenoxy) is 1. The number of hydrogen-bond acceptors (Lipinski definition) is 2. The van der Waals surface area contributed by atoms with E-state index in [0.29, 0.717) is 0 Å². The Bertz CT molecular complexity index is 25.7. The second-order valence-corrected chi connectivity index (χ2v) is 1.35. The number of carbonyl (C=O) groups is 1. The maximum Gasteiger partial charge on any atom is 0.106 e. The van der Waals surface area contributed by atoms with E-state index in [9.17, 15) is 0 Å². The molecule has 0 fully saturated rings.